The average Bonchev–Trinajstić information content (AvgIpc) is 2.15. The molecule has 3 nitrogen and oxygen atoms in total. The first kappa shape index (κ1) is 13.8. The van der Waals surface area contributed by atoms with Crippen LogP contribution in [0.4, 0.5) is 0 Å². The quantitative estimate of drug-likeness (QED) is 0.419. The van der Waals surface area contributed by atoms with Crippen molar-refractivity contribution in [2.75, 3.05) is 6.61 Å². The van der Waals surface area contributed by atoms with Crippen LogP contribution in [0.1, 0.15) is 47.0 Å². The molecule has 0 N–H and O–H groups in total. The molecule has 17 heavy (non-hydrogen) atoms. The van der Waals surface area contributed by atoms with Crippen molar-refractivity contribution in [3.05, 3.63) is 11.1 Å². The van der Waals surface area contributed by atoms with E-state index in [1.165, 1.54) is 0 Å². The molecular weight excluding hydrogens is 214 g/mol. The van der Waals surface area contributed by atoms with Crippen LogP contribution in [-0.2, 0) is 9.53 Å². The SMILES string of the molecule is CCOC(=O)C(C#N)=C1CC(C)CC(C)(C)C1. The Kier molecular flexibility index (Phi) is 4.34. The number of nitriles is 1. The van der Waals surface area contributed by atoms with Gasteiger partial charge in [-0.2, -0.15) is 5.26 Å². The van der Waals surface area contributed by atoms with Gasteiger partial charge in [-0.1, -0.05) is 20.8 Å². The second kappa shape index (κ2) is 5.35. The van der Waals surface area contributed by atoms with Crippen LogP contribution in [0.2, 0.25) is 0 Å². The molecule has 94 valence electrons. The number of nitrogens with zero attached hydrogens (tertiary/aromatic N) is 1. The standard InChI is InChI=1S/C14H21NO2/c1-5-17-13(16)12(9-15)11-6-10(2)7-14(3,4)8-11/h10H,5-8H2,1-4H3. The summed E-state index contributed by atoms with van der Waals surface area (Å²) >= 11 is 0. The predicted octanol–water partition coefficient (Wildman–Crippen LogP) is 3.22. The third-order valence-corrected chi connectivity index (χ3v) is 3.13. The Labute approximate surface area is 103 Å². The zero-order chi connectivity index (χ0) is 13.1. The van der Waals surface area contributed by atoms with Gasteiger partial charge in [0.2, 0.25) is 0 Å². The molecule has 3 heteroatoms. The summed E-state index contributed by atoms with van der Waals surface area (Å²) < 4.78 is 4.93. The van der Waals surface area contributed by atoms with E-state index >= 15 is 0 Å². The number of rotatable bonds is 2. The van der Waals surface area contributed by atoms with Crippen LogP contribution >= 0.6 is 0 Å². The number of ether oxygens (including phenoxy) is 1. The summed E-state index contributed by atoms with van der Waals surface area (Å²) in [6.07, 6.45) is 2.79. The molecule has 0 aromatic heterocycles. The summed E-state index contributed by atoms with van der Waals surface area (Å²) in [5.41, 5.74) is 1.36. The molecule has 0 aromatic carbocycles. The Balaban J connectivity index is 3.00. The van der Waals surface area contributed by atoms with Crippen LogP contribution < -0.4 is 0 Å². The van der Waals surface area contributed by atoms with Gasteiger partial charge in [0.25, 0.3) is 0 Å². The molecule has 0 aromatic rings. The number of carbonyl (C=O) groups is 1. The van der Waals surface area contributed by atoms with Crippen LogP contribution in [0.3, 0.4) is 0 Å². The molecule has 0 bridgehead atoms. The van der Waals surface area contributed by atoms with Gasteiger partial charge in [0.15, 0.2) is 0 Å². The van der Waals surface area contributed by atoms with Crippen molar-refractivity contribution in [1.29, 1.82) is 5.26 Å². The molecule has 1 unspecified atom stereocenters. The Morgan fingerprint density at radius 2 is 2.24 bits per heavy atom. The number of hydrogen-bond acceptors (Lipinski definition) is 3. The van der Waals surface area contributed by atoms with Crippen LogP contribution in [0, 0.1) is 22.7 Å². The van der Waals surface area contributed by atoms with E-state index in [1.807, 2.05) is 6.07 Å². The molecule has 0 radical (unpaired) electrons. The summed E-state index contributed by atoms with van der Waals surface area (Å²) in [5.74, 6) is 0.0569. The highest BCUT2D eigenvalue weighted by atomic mass is 16.5. The van der Waals surface area contributed by atoms with Gasteiger partial charge < -0.3 is 4.74 Å². The van der Waals surface area contributed by atoms with E-state index in [9.17, 15) is 4.79 Å². The minimum absolute atomic E-state index is 0.168. The number of esters is 1. The van der Waals surface area contributed by atoms with Gasteiger partial charge in [-0.15, -0.1) is 0 Å². The monoisotopic (exact) mass is 235 g/mol. The van der Waals surface area contributed by atoms with E-state index in [4.69, 9.17) is 10.00 Å². The van der Waals surface area contributed by atoms with E-state index in [1.54, 1.807) is 6.92 Å². The van der Waals surface area contributed by atoms with E-state index in [0.717, 1.165) is 24.8 Å². The van der Waals surface area contributed by atoms with Crippen molar-refractivity contribution in [3.63, 3.8) is 0 Å². The Morgan fingerprint density at radius 1 is 1.59 bits per heavy atom. The molecule has 0 aliphatic heterocycles. The van der Waals surface area contributed by atoms with E-state index in [-0.39, 0.29) is 11.0 Å². The summed E-state index contributed by atoms with van der Waals surface area (Å²) in [5, 5.41) is 9.12. The van der Waals surface area contributed by atoms with E-state index in [2.05, 4.69) is 20.8 Å². The maximum Gasteiger partial charge on any atom is 0.348 e. The van der Waals surface area contributed by atoms with E-state index < -0.39 is 5.97 Å². The lowest BCUT2D eigenvalue weighted by molar-refractivity contribution is -0.138. The molecule has 1 rings (SSSR count). The summed E-state index contributed by atoms with van der Waals surface area (Å²) in [4.78, 5) is 11.7. The van der Waals surface area contributed by atoms with Crippen molar-refractivity contribution < 1.29 is 9.53 Å². The second-order valence-corrected chi connectivity index (χ2v) is 5.67. The number of hydrogen-bond donors (Lipinski definition) is 0. The summed E-state index contributed by atoms with van der Waals surface area (Å²) in [7, 11) is 0. The van der Waals surface area contributed by atoms with Gasteiger partial charge in [-0.25, -0.2) is 4.79 Å². The number of carbonyl (C=O) groups excluding carboxylic acids is 1. The summed E-state index contributed by atoms with van der Waals surface area (Å²) in [6.45, 7) is 8.61. The molecule has 0 spiro atoms. The molecule has 1 fully saturated rings. The molecular formula is C14H21NO2. The average molecular weight is 235 g/mol. The molecule has 1 atom stereocenters. The van der Waals surface area contributed by atoms with Crippen molar-refractivity contribution in [1.82, 2.24) is 0 Å². The lowest BCUT2D eigenvalue weighted by Gasteiger charge is -2.35. The first-order chi connectivity index (χ1) is 7.89. The van der Waals surface area contributed by atoms with Gasteiger partial charge in [0.1, 0.15) is 11.6 Å². The van der Waals surface area contributed by atoms with Gasteiger partial charge >= 0.3 is 5.97 Å². The minimum atomic E-state index is -0.463. The molecule has 0 heterocycles. The second-order valence-electron chi connectivity index (χ2n) is 5.67. The lowest BCUT2D eigenvalue weighted by atomic mass is 9.69. The van der Waals surface area contributed by atoms with E-state index in [0.29, 0.717) is 12.5 Å². The van der Waals surface area contributed by atoms with Crippen molar-refractivity contribution >= 4 is 5.97 Å². The Bertz CT molecular complexity index is 374. The third kappa shape index (κ3) is 3.59. The molecule has 1 aliphatic rings. The molecule has 1 saturated carbocycles. The predicted molar refractivity (Wildman–Crippen MR) is 66.1 cm³/mol. The zero-order valence-corrected chi connectivity index (χ0v) is 11.2. The first-order valence-electron chi connectivity index (χ1n) is 6.19. The normalized spacial score (nSPS) is 25.9. The zero-order valence-electron chi connectivity index (χ0n) is 11.2. The van der Waals surface area contributed by atoms with Crippen molar-refractivity contribution in [3.8, 4) is 6.07 Å². The van der Waals surface area contributed by atoms with Gasteiger partial charge in [0, 0.05) is 0 Å². The fraction of sp³-hybridized carbons (Fsp3) is 0.714. The third-order valence-electron chi connectivity index (χ3n) is 3.13. The molecule has 0 amide bonds. The maximum absolute atomic E-state index is 11.7. The van der Waals surface area contributed by atoms with Crippen LogP contribution in [-0.4, -0.2) is 12.6 Å². The van der Waals surface area contributed by atoms with Crippen molar-refractivity contribution in [2.24, 2.45) is 11.3 Å². The lowest BCUT2D eigenvalue weighted by Crippen LogP contribution is -2.24. The van der Waals surface area contributed by atoms with Gasteiger partial charge in [-0.05, 0) is 43.1 Å². The van der Waals surface area contributed by atoms with Crippen LogP contribution in [0.15, 0.2) is 11.1 Å². The highest BCUT2D eigenvalue weighted by Crippen LogP contribution is 2.42. The fourth-order valence-electron chi connectivity index (χ4n) is 2.82. The maximum atomic E-state index is 11.7. The smallest absolute Gasteiger partial charge is 0.348 e. The Morgan fingerprint density at radius 3 is 2.71 bits per heavy atom. The molecule has 1 aliphatic carbocycles. The number of allylic oxidation sites excluding steroid dienone is 1. The highest BCUT2D eigenvalue weighted by Gasteiger charge is 2.31. The van der Waals surface area contributed by atoms with Gasteiger partial charge in [-0.3, -0.25) is 0 Å². The first-order valence-corrected chi connectivity index (χ1v) is 6.19. The topological polar surface area (TPSA) is 50.1 Å². The minimum Gasteiger partial charge on any atom is -0.462 e. The van der Waals surface area contributed by atoms with Crippen molar-refractivity contribution in [2.45, 2.75) is 47.0 Å². The highest BCUT2D eigenvalue weighted by molar-refractivity contribution is 5.93. The Hall–Kier alpha value is -1.30. The molecule has 0 saturated heterocycles. The fourth-order valence-corrected chi connectivity index (χ4v) is 2.82. The van der Waals surface area contributed by atoms with Crippen LogP contribution in [0.25, 0.3) is 0 Å². The van der Waals surface area contributed by atoms with Gasteiger partial charge in [0.05, 0.1) is 6.61 Å². The van der Waals surface area contributed by atoms with Crippen LogP contribution in [0.5, 0.6) is 0 Å². The largest absolute Gasteiger partial charge is 0.462 e. The summed E-state index contributed by atoms with van der Waals surface area (Å²) in [6, 6.07) is 2.02.